The van der Waals surface area contributed by atoms with Gasteiger partial charge in [0.05, 0.1) is 0 Å². The van der Waals surface area contributed by atoms with Crippen LogP contribution in [0.4, 0.5) is 0 Å². The van der Waals surface area contributed by atoms with E-state index in [1.807, 2.05) is 3.28 Å². The van der Waals surface area contributed by atoms with Gasteiger partial charge in [0.15, 0.2) is 0 Å². The summed E-state index contributed by atoms with van der Waals surface area (Å²) >= 11 is -1.14. The maximum atomic E-state index is 4.82. The van der Waals surface area contributed by atoms with Crippen LogP contribution in [0, 0.1) is 0 Å². The minimum atomic E-state index is -2.08. The first-order chi connectivity index (χ1) is 10.7. The van der Waals surface area contributed by atoms with Gasteiger partial charge in [-0.1, -0.05) is 5.79 Å². The van der Waals surface area contributed by atoms with Crippen molar-refractivity contribution in [2.75, 3.05) is 0 Å². The molecule has 6 heteroatoms. The second-order valence-electron chi connectivity index (χ2n) is 6.51. The summed E-state index contributed by atoms with van der Waals surface area (Å²) in [6.45, 7) is 2.50. The molecule has 1 aromatic carbocycles. The Kier molecular flexibility index (Phi) is 9.87. The number of allylic oxidation sites excluding steroid dienone is 5. The quantitative estimate of drug-likeness (QED) is 0.461. The first kappa shape index (κ1) is 23.0. The zero-order chi connectivity index (χ0) is 15.6. The molecule has 1 aliphatic heterocycles. The molecule has 3 atom stereocenters. The third kappa shape index (κ3) is 4.42. The predicted molar refractivity (Wildman–Crippen MR) is 96.9 cm³/mol. The maximum absolute atomic E-state index is 4.82. The van der Waals surface area contributed by atoms with Crippen LogP contribution in [0.15, 0.2) is 51.9 Å². The first-order valence-electron chi connectivity index (χ1n) is 8.36. The molecule has 0 spiro atoms. The third-order valence-electron chi connectivity index (χ3n) is 5.38. The van der Waals surface area contributed by atoms with Crippen molar-refractivity contribution in [1.82, 2.24) is 0 Å². The van der Waals surface area contributed by atoms with Gasteiger partial charge >= 0.3 is 146 Å². The summed E-state index contributed by atoms with van der Waals surface area (Å²) in [6.07, 6.45) is 13.2. The van der Waals surface area contributed by atoms with E-state index in [1.54, 1.807) is 9.69 Å². The Morgan fingerprint density at radius 3 is 2.46 bits per heavy atom. The monoisotopic (exact) mass is 470 g/mol. The summed E-state index contributed by atoms with van der Waals surface area (Å²) in [6, 6.07) is 9.03. The molecule has 3 unspecified atom stereocenters. The Hall–Kier alpha value is 0.928. The topological polar surface area (TPSA) is 9.23 Å². The normalized spacial score (nSPS) is 25.2. The van der Waals surface area contributed by atoms with Gasteiger partial charge in [-0.15, -0.1) is 0 Å². The molecule has 1 nitrogen and oxygen atoms in total. The summed E-state index contributed by atoms with van der Waals surface area (Å²) in [5, 5.41) is 0. The molecule has 3 aliphatic rings. The third-order valence-corrected chi connectivity index (χ3v) is 22.2. The van der Waals surface area contributed by atoms with Gasteiger partial charge in [-0.2, -0.15) is 0 Å². The minimum Gasteiger partial charge on any atom is -1.00 e. The van der Waals surface area contributed by atoms with Crippen molar-refractivity contribution in [3.63, 3.8) is 0 Å². The molecule has 1 heterocycles. The second-order valence-corrected chi connectivity index (χ2v) is 21.0. The van der Waals surface area contributed by atoms with Gasteiger partial charge in [0.1, 0.15) is 0 Å². The largest absolute Gasteiger partial charge is 1.00 e. The molecule has 1 fully saturated rings. The Bertz CT molecular complexity index is 646. The van der Waals surface area contributed by atoms with E-state index in [-0.39, 0.29) is 40.4 Å². The van der Waals surface area contributed by atoms with Crippen molar-refractivity contribution < 1.29 is 47.9 Å². The van der Waals surface area contributed by atoms with E-state index in [0.717, 1.165) is 23.9 Å². The van der Waals surface area contributed by atoms with Gasteiger partial charge in [-0.05, 0) is 0 Å². The van der Waals surface area contributed by atoms with E-state index in [2.05, 4.69) is 67.4 Å². The van der Waals surface area contributed by atoms with Gasteiger partial charge < -0.3 is 27.7 Å². The van der Waals surface area contributed by atoms with Crippen LogP contribution < -0.4 is 24.8 Å². The maximum Gasteiger partial charge on any atom is 0.401 e. The van der Waals surface area contributed by atoms with Gasteiger partial charge in [0.25, 0.3) is 0 Å². The molecule has 0 amide bonds. The van der Waals surface area contributed by atoms with Crippen molar-refractivity contribution in [1.29, 1.82) is 0 Å². The molecular formula is C18H24Al2Cl2OZr. The smallest absolute Gasteiger partial charge is 0.401 e. The van der Waals surface area contributed by atoms with Crippen LogP contribution in [0.5, 0.6) is 0 Å². The standard InChI is InChI=1S/C9H7.C5H5.C3H6.CH3.2Al.2ClH.O.Zr.3H/c1-2-5-9-7-3-6-8(9)4-1;1-2-4-5-3-1;1-3-2;;;;;;;;;;/h1-7H;1-3H,4H2;3H,1H2,2H3;1H3;;;2*1H;;;;;/q;;;;;;;;;+2;;;/p-2. The zero-order valence-corrected chi connectivity index (χ0v) is 22.0. The van der Waals surface area contributed by atoms with E-state index >= 15 is 0 Å². The summed E-state index contributed by atoms with van der Waals surface area (Å²) in [4.78, 5) is 0. The molecule has 2 aliphatic carbocycles. The van der Waals surface area contributed by atoms with Crippen LogP contribution in [0.2, 0.25) is 13.5 Å². The summed E-state index contributed by atoms with van der Waals surface area (Å²) in [7, 11) is 0. The number of hydrogen-bond acceptors (Lipinski definition) is 1. The van der Waals surface area contributed by atoms with Crippen LogP contribution >= 0.6 is 0 Å². The fourth-order valence-corrected chi connectivity index (χ4v) is 20.0. The van der Waals surface area contributed by atoms with Crippen LogP contribution in [0.3, 0.4) is 0 Å². The zero-order valence-electron chi connectivity index (χ0n) is 14.6. The molecule has 0 radical (unpaired) electrons. The molecule has 1 aromatic rings. The molecule has 1 saturated heterocycles. The van der Waals surface area contributed by atoms with Gasteiger partial charge in [-0.25, -0.2) is 0 Å². The van der Waals surface area contributed by atoms with Crippen molar-refractivity contribution in [3.05, 3.63) is 63.0 Å². The molecule has 4 rings (SSSR count). The van der Waals surface area contributed by atoms with Crippen molar-refractivity contribution >= 4 is 38.3 Å². The van der Waals surface area contributed by atoms with Crippen molar-refractivity contribution in [3.8, 4) is 0 Å². The van der Waals surface area contributed by atoms with Gasteiger partial charge in [0, 0.05) is 0 Å². The van der Waals surface area contributed by atoms with Crippen LogP contribution in [0.25, 0.3) is 6.08 Å². The number of rotatable bonds is 3. The average Bonchev–Trinajstić information content (AvgIpc) is 2.98. The van der Waals surface area contributed by atoms with E-state index in [4.69, 9.17) is 2.84 Å². The molecule has 24 heavy (non-hydrogen) atoms. The van der Waals surface area contributed by atoms with E-state index in [0.29, 0.717) is 0 Å². The molecule has 0 aromatic heterocycles. The van der Waals surface area contributed by atoms with Gasteiger partial charge in [-0.3, -0.25) is 0 Å². The minimum absolute atomic E-state index is 0. The van der Waals surface area contributed by atoms with E-state index < -0.39 is 20.3 Å². The van der Waals surface area contributed by atoms with Crippen molar-refractivity contribution in [2.45, 2.75) is 30.5 Å². The van der Waals surface area contributed by atoms with Crippen LogP contribution in [0.1, 0.15) is 28.1 Å². The van der Waals surface area contributed by atoms with Crippen molar-refractivity contribution in [2.24, 2.45) is 0 Å². The SMILES string of the molecule is C[CH]1[CH2][Zr+2]1([C]1=CC=CC1)[CH]1C=Cc2ccccc21.[CH3][AlH][O][AlH2].[Cl-].[Cl-]. The second kappa shape index (κ2) is 10.3. The predicted octanol–water partition coefficient (Wildman–Crippen LogP) is -2.05. The summed E-state index contributed by atoms with van der Waals surface area (Å²) in [5.74, 6) is 2.13. The first-order valence-corrected chi connectivity index (χ1v) is 17.0. The Morgan fingerprint density at radius 1 is 1.25 bits per heavy atom. The summed E-state index contributed by atoms with van der Waals surface area (Å²) in [5.41, 5.74) is 3.11. The number of hydrogen-bond donors (Lipinski definition) is 0. The number of benzene rings is 1. The average molecular weight is 472 g/mol. The molecule has 0 N–H and O–H groups in total. The molecule has 0 saturated carbocycles. The molecule has 126 valence electrons. The number of fused-ring (bicyclic) bond motifs is 1. The van der Waals surface area contributed by atoms with Crippen LogP contribution in [-0.2, 0) is 23.1 Å². The Balaban J connectivity index is 0.000000438. The fraction of sp³-hybridized carbons (Fsp3) is 0.333. The Morgan fingerprint density at radius 2 is 1.92 bits per heavy atom. The van der Waals surface area contributed by atoms with Crippen LogP contribution in [-0.4, -0.2) is 32.2 Å². The molecule has 0 bridgehead atoms. The van der Waals surface area contributed by atoms with E-state index in [9.17, 15) is 0 Å². The summed E-state index contributed by atoms with van der Waals surface area (Å²) < 4.78 is 10.1. The fourth-order valence-electron chi connectivity index (χ4n) is 4.02. The Labute approximate surface area is 178 Å². The van der Waals surface area contributed by atoms with Gasteiger partial charge in [0.2, 0.25) is 0 Å². The van der Waals surface area contributed by atoms with E-state index in [1.165, 1.54) is 12.0 Å². The number of halogens is 2. The molecular weight excluding hydrogens is 448 g/mol.